The molecule has 4 fully saturated rings. The van der Waals surface area contributed by atoms with Crippen molar-refractivity contribution in [2.24, 2.45) is 11.8 Å². The van der Waals surface area contributed by atoms with E-state index >= 15 is 0 Å². The van der Waals surface area contributed by atoms with Crippen LogP contribution in [0.25, 0.3) is 0 Å². The third-order valence-corrected chi connectivity index (χ3v) is 14.0. The minimum absolute atomic E-state index is 0.0510. The lowest BCUT2D eigenvalue weighted by Gasteiger charge is -2.40. The maximum atomic E-state index is 14.3. The lowest BCUT2D eigenvalue weighted by atomic mass is 9.87. The van der Waals surface area contributed by atoms with Gasteiger partial charge in [0.05, 0.1) is 25.0 Å². The standard InChI is InChI=1S/C42H60N4O10S2/c1-42(2,3)56-35(47)20-19-27(36(48)43-29-21-23-57-33-15-9-13-31(40(52)54-4)45(33)38(29)50)17-18-28(25-26-11-7-6-8-12-26)37(49)44-30-22-24-58-34-16-10-14-32(41(53)55-5)46(34)39(30)51/h6-8,11-12,27-34H,9-10,13-25H2,1-5H3,(H,43,48)(H,44,49)/t27-,28-,29+,30+,31+,32+,33+,34+/m1/s1. The zero-order chi connectivity index (χ0) is 42.0. The first-order chi connectivity index (χ1) is 27.7. The largest absolute Gasteiger partial charge is 0.467 e. The molecule has 0 radical (unpaired) electrons. The van der Waals surface area contributed by atoms with Crippen LogP contribution in [0.3, 0.4) is 0 Å². The highest BCUT2D eigenvalue weighted by Crippen LogP contribution is 2.36. The Kier molecular flexibility index (Phi) is 16.4. The smallest absolute Gasteiger partial charge is 0.328 e. The van der Waals surface area contributed by atoms with Crippen molar-refractivity contribution in [3.63, 3.8) is 0 Å². The summed E-state index contributed by atoms with van der Waals surface area (Å²) in [6.45, 7) is 5.31. The second kappa shape index (κ2) is 20.9. The Hall–Kier alpha value is -3.79. The number of carbonyl (C=O) groups is 7. The average Bonchev–Trinajstić information content (AvgIpc) is 3.46. The molecule has 1 aromatic carbocycles. The summed E-state index contributed by atoms with van der Waals surface area (Å²) in [6.07, 6.45) is 5.67. The molecule has 0 spiro atoms. The van der Waals surface area contributed by atoms with Crippen molar-refractivity contribution < 1.29 is 47.8 Å². The van der Waals surface area contributed by atoms with E-state index in [9.17, 15) is 33.6 Å². The summed E-state index contributed by atoms with van der Waals surface area (Å²) >= 11 is 3.20. The van der Waals surface area contributed by atoms with Crippen molar-refractivity contribution in [1.82, 2.24) is 20.4 Å². The van der Waals surface area contributed by atoms with E-state index in [4.69, 9.17) is 14.2 Å². The maximum absolute atomic E-state index is 14.3. The van der Waals surface area contributed by atoms with Gasteiger partial charge in [0.25, 0.3) is 0 Å². The monoisotopic (exact) mass is 844 g/mol. The Labute approximate surface area is 350 Å². The van der Waals surface area contributed by atoms with Crippen LogP contribution in [-0.4, -0.2) is 118 Å². The summed E-state index contributed by atoms with van der Waals surface area (Å²) in [6, 6.07) is 6.34. The van der Waals surface area contributed by atoms with Crippen LogP contribution in [0.15, 0.2) is 30.3 Å². The number of carbonyl (C=O) groups excluding carboxylic acids is 7. The van der Waals surface area contributed by atoms with Gasteiger partial charge in [-0.25, -0.2) is 9.59 Å². The molecule has 320 valence electrons. The van der Waals surface area contributed by atoms with Crippen LogP contribution in [-0.2, 0) is 54.2 Å². The number of hydrogen-bond donors (Lipinski definition) is 2. The number of rotatable bonds is 14. The molecule has 5 rings (SSSR count). The van der Waals surface area contributed by atoms with Gasteiger partial charge in [-0.3, -0.25) is 24.0 Å². The average molecular weight is 845 g/mol. The molecular weight excluding hydrogens is 785 g/mol. The minimum atomic E-state index is -0.880. The first-order valence-electron chi connectivity index (χ1n) is 20.6. The molecule has 58 heavy (non-hydrogen) atoms. The minimum Gasteiger partial charge on any atom is -0.467 e. The summed E-state index contributed by atoms with van der Waals surface area (Å²) in [7, 11) is 2.62. The van der Waals surface area contributed by atoms with Crippen LogP contribution in [0.1, 0.15) is 103 Å². The predicted molar refractivity (Wildman–Crippen MR) is 220 cm³/mol. The van der Waals surface area contributed by atoms with Crippen LogP contribution < -0.4 is 10.6 Å². The van der Waals surface area contributed by atoms with Crippen molar-refractivity contribution in [2.45, 2.75) is 145 Å². The molecule has 4 saturated heterocycles. The van der Waals surface area contributed by atoms with E-state index in [1.54, 1.807) is 54.1 Å². The fourth-order valence-electron chi connectivity index (χ4n) is 8.40. The highest BCUT2D eigenvalue weighted by atomic mass is 32.2. The van der Waals surface area contributed by atoms with E-state index in [1.165, 1.54) is 14.2 Å². The van der Waals surface area contributed by atoms with Gasteiger partial charge in [0.15, 0.2) is 0 Å². The van der Waals surface area contributed by atoms with Gasteiger partial charge in [-0.15, -0.1) is 23.5 Å². The number of piperidine rings is 2. The van der Waals surface area contributed by atoms with Crippen LogP contribution in [0, 0.1) is 11.8 Å². The number of fused-ring (bicyclic) bond motifs is 2. The molecule has 4 aliphatic rings. The van der Waals surface area contributed by atoms with Crippen molar-refractivity contribution >= 4 is 65.1 Å². The molecule has 4 heterocycles. The molecule has 0 unspecified atom stereocenters. The number of esters is 3. The molecule has 4 amide bonds. The number of thioether (sulfide) groups is 2. The molecule has 14 nitrogen and oxygen atoms in total. The number of amides is 4. The molecule has 0 bridgehead atoms. The van der Waals surface area contributed by atoms with Gasteiger partial charge in [0.2, 0.25) is 23.6 Å². The van der Waals surface area contributed by atoms with Crippen molar-refractivity contribution in [3.8, 4) is 0 Å². The van der Waals surface area contributed by atoms with Crippen LogP contribution in [0.4, 0.5) is 0 Å². The highest BCUT2D eigenvalue weighted by molar-refractivity contribution is 8.00. The zero-order valence-corrected chi connectivity index (χ0v) is 36.0. The maximum Gasteiger partial charge on any atom is 0.328 e. The van der Waals surface area contributed by atoms with Gasteiger partial charge in [-0.05, 0) is 115 Å². The van der Waals surface area contributed by atoms with Gasteiger partial charge in [0.1, 0.15) is 29.8 Å². The molecular formula is C42H60N4O10S2. The number of benzene rings is 1. The van der Waals surface area contributed by atoms with Crippen LogP contribution >= 0.6 is 23.5 Å². The third-order valence-electron chi connectivity index (χ3n) is 11.3. The van der Waals surface area contributed by atoms with Gasteiger partial charge in [-0.1, -0.05) is 30.3 Å². The molecule has 0 aliphatic carbocycles. The molecule has 0 saturated carbocycles. The Bertz CT molecular complexity index is 1640. The zero-order valence-electron chi connectivity index (χ0n) is 34.4. The van der Waals surface area contributed by atoms with Crippen molar-refractivity contribution in [1.29, 1.82) is 0 Å². The molecule has 0 aromatic heterocycles. The summed E-state index contributed by atoms with van der Waals surface area (Å²) in [4.78, 5) is 98.3. The third kappa shape index (κ3) is 11.9. The van der Waals surface area contributed by atoms with Gasteiger partial charge < -0.3 is 34.6 Å². The second-order valence-corrected chi connectivity index (χ2v) is 19.1. The van der Waals surface area contributed by atoms with Gasteiger partial charge in [0, 0.05) is 18.3 Å². The van der Waals surface area contributed by atoms with E-state index in [0.717, 1.165) is 31.2 Å². The fraction of sp³-hybridized carbons (Fsp3) is 0.690. The molecule has 16 heteroatoms. The van der Waals surface area contributed by atoms with Crippen molar-refractivity contribution in [2.75, 3.05) is 25.7 Å². The number of nitrogens with zero attached hydrogens (tertiary/aromatic N) is 2. The predicted octanol–water partition coefficient (Wildman–Crippen LogP) is 4.37. The van der Waals surface area contributed by atoms with E-state index in [0.29, 0.717) is 43.6 Å². The summed E-state index contributed by atoms with van der Waals surface area (Å²) in [5.74, 6) is -2.99. The first kappa shape index (κ1) is 45.3. The lowest BCUT2D eigenvalue weighted by molar-refractivity contribution is -0.156. The van der Waals surface area contributed by atoms with Gasteiger partial charge >= 0.3 is 17.9 Å². The number of hydrogen-bond acceptors (Lipinski definition) is 12. The Balaban J connectivity index is 1.35. The topological polar surface area (TPSA) is 178 Å². The number of methoxy groups -OCH3 is 2. The molecule has 1 aromatic rings. The quantitative estimate of drug-likeness (QED) is 0.200. The first-order valence-corrected chi connectivity index (χ1v) is 22.7. The molecule has 2 N–H and O–H groups in total. The normalized spacial score (nSPS) is 26.1. The van der Waals surface area contributed by atoms with Gasteiger partial charge in [-0.2, -0.15) is 0 Å². The SMILES string of the molecule is COC(=O)[C@@H]1CCC[C@@H]2SCC[C@H](NC(=O)[C@@H](CCC(=O)OC(C)(C)C)CC[C@H](Cc3ccccc3)C(=O)N[C@H]3CCS[C@H]4CCC[C@@H](C(=O)OC)N4C3=O)C(=O)N21. The Morgan fingerprint density at radius 2 is 1.19 bits per heavy atom. The van der Waals surface area contributed by atoms with E-state index < -0.39 is 65.4 Å². The summed E-state index contributed by atoms with van der Waals surface area (Å²) in [5, 5.41) is 5.64. The van der Waals surface area contributed by atoms with E-state index in [1.807, 2.05) is 30.3 Å². The molecule has 4 aliphatic heterocycles. The number of ether oxygens (including phenoxy) is 3. The van der Waals surface area contributed by atoms with E-state index in [2.05, 4.69) is 10.6 Å². The molecule has 8 atom stereocenters. The Morgan fingerprint density at radius 3 is 1.67 bits per heavy atom. The lowest BCUT2D eigenvalue weighted by Crippen LogP contribution is -2.58. The number of nitrogens with one attached hydrogen (secondary N) is 2. The van der Waals surface area contributed by atoms with E-state index in [-0.39, 0.29) is 54.2 Å². The Morgan fingerprint density at radius 1 is 0.707 bits per heavy atom. The highest BCUT2D eigenvalue weighted by Gasteiger charge is 2.45. The fourth-order valence-corrected chi connectivity index (χ4v) is 11.2. The summed E-state index contributed by atoms with van der Waals surface area (Å²) in [5.41, 5.74) is 0.179. The summed E-state index contributed by atoms with van der Waals surface area (Å²) < 4.78 is 15.7. The van der Waals surface area contributed by atoms with Crippen LogP contribution in [0.5, 0.6) is 0 Å². The second-order valence-electron chi connectivity index (χ2n) is 16.6. The van der Waals surface area contributed by atoms with Crippen LogP contribution in [0.2, 0.25) is 0 Å². The van der Waals surface area contributed by atoms with Crippen molar-refractivity contribution in [3.05, 3.63) is 35.9 Å².